The van der Waals surface area contributed by atoms with Gasteiger partial charge in [-0.1, -0.05) is 54.6 Å². The highest BCUT2D eigenvalue weighted by atomic mass is 16.5. The van der Waals surface area contributed by atoms with Crippen molar-refractivity contribution in [2.45, 2.75) is 27.2 Å². The van der Waals surface area contributed by atoms with Crippen LogP contribution in [0.4, 0.5) is 0 Å². The maximum absolute atomic E-state index is 5.18. The van der Waals surface area contributed by atoms with E-state index in [0.717, 1.165) is 6.42 Å². The molecule has 0 heterocycles. The number of hydrogen-bond donors (Lipinski definition) is 0. The van der Waals surface area contributed by atoms with Crippen molar-refractivity contribution in [3.05, 3.63) is 83.6 Å². The van der Waals surface area contributed by atoms with Gasteiger partial charge in [0.05, 0.1) is 12.9 Å². The number of aryl methyl sites for hydroxylation is 2. The molecule has 0 aliphatic carbocycles. The van der Waals surface area contributed by atoms with Crippen LogP contribution in [0.1, 0.15) is 23.6 Å². The molecule has 1 heteroatoms. The van der Waals surface area contributed by atoms with Crippen molar-refractivity contribution in [3.63, 3.8) is 0 Å². The average molecular weight is 316 g/mol. The molecular weight excluding hydrogens is 292 g/mol. The van der Waals surface area contributed by atoms with Crippen LogP contribution in [0.3, 0.4) is 0 Å². The number of hydrogen-bond acceptors (Lipinski definition) is 1. The first-order chi connectivity index (χ1) is 11.7. The second kappa shape index (κ2) is 7.35. The van der Waals surface area contributed by atoms with Gasteiger partial charge in [0.25, 0.3) is 0 Å². The minimum atomic E-state index is 0.710. The minimum absolute atomic E-state index is 0.710. The molecule has 0 amide bonds. The number of allylic oxidation sites excluding steroid dienone is 3. The Morgan fingerprint density at radius 2 is 1.50 bits per heavy atom. The Kier molecular flexibility index (Phi) is 5.00. The lowest BCUT2D eigenvalue weighted by atomic mass is 9.92. The van der Waals surface area contributed by atoms with Gasteiger partial charge in [0.1, 0.15) is 0 Å². The van der Waals surface area contributed by atoms with E-state index in [-0.39, 0.29) is 0 Å². The molecule has 1 nitrogen and oxygen atoms in total. The Morgan fingerprint density at radius 1 is 0.833 bits per heavy atom. The van der Waals surface area contributed by atoms with Gasteiger partial charge >= 0.3 is 0 Å². The van der Waals surface area contributed by atoms with Crippen LogP contribution in [0.5, 0.6) is 0 Å². The van der Waals surface area contributed by atoms with Crippen molar-refractivity contribution in [1.82, 2.24) is 0 Å². The molecule has 0 aliphatic rings. The highest BCUT2D eigenvalue weighted by Crippen LogP contribution is 2.32. The zero-order chi connectivity index (χ0) is 16.9. The Balaban J connectivity index is 1.96. The summed E-state index contributed by atoms with van der Waals surface area (Å²) in [6.45, 7) is 7.15. The smallest absolute Gasteiger partial charge is 0.0845 e. The van der Waals surface area contributed by atoms with Crippen LogP contribution < -0.4 is 0 Å². The predicted molar refractivity (Wildman–Crippen MR) is 105 cm³/mol. The highest BCUT2D eigenvalue weighted by Gasteiger charge is 2.08. The fourth-order valence-corrected chi connectivity index (χ4v) is 3.26. The number of rotatable bonds is 5. The molecule has 0 bridgehead atoms. The Hall–Kier alpha value is -2.54. The van der Waals surface area contributed by atoms with E-state index >= 15 is 0 Å². The summed E-state index contributed by atoms with van der Waals surface area (Å²) < 4.78 is 5.18. The molecule has 0 atom stereocenters. The first-order valence-corrected chi connectivity index (χ1v) is 8.56. The molecule has 3 aromatic rings. The van der Waals surface area contributed by atoms with Crippen molar-refractivity contribution in [3.8, 4) is 0 Å². The lowest BCUT2D eigenvalue weighted by Crippen LogP contribution is -1.90. The van der Waals surface area contributed by atoms with Gasteiger partial charge in [-0.3, -0.25) is 0 Å². The van der Waals surface area contributed by atoms with E-state index < -0.39 is 0 Å². The molecular formula is C23H24O. The molecule has 0 aromatic heterocycles. The van der Waals surface area contributed by atoms with Crippen LogP contribution >= 0.6 is 0 Å². The van der Waals surface area contributed by atoms with Crippen molar-refractivity contribution in [1.29, 1.82) is 0 Å². The fraction of sp³-hybridized carbons (Fsp3) is 0.217. The Morgan fingerprint density at radius 3 is 2.21 bits per heavy atom. The predicted octanol–water partition coefficient (Wildman–Crippen LogP) is 6.26. The summed E-state index contributed by atoms with van der Waals surface area (Å²) >= 11 is 0. The van der Waals surface area contributed by atoms with Crippen LogP contribution in [-0.2, 0) is 11.2 Å². The molecule has 3 aromatic carbocycles. The van der Waals surface area contributed by atoms with E-state index in [1.807, 2.05) is 19.1 Å². The molecule has 0 saturated heterocycles. The monoisotopic (exact) mass is 316 g/mol. The quantitative estimate of drug-likeness (QED) is 0.307. The molecule has 0 saturated carbocycles. The van der Waals surface area contributed by atoms with Crippen LogP contribution in [0.2, 0.25) is 0 Å². The SMILES string of the molecule is CCOC=CC=CCc1ccc2c(C)c3ccccc3c(C)c2c1. The number of benzene rings is 3. The standard InChI is InChI=1S/C23H24O/c1-4-24-15-9-5-6-10-19-13-14-22-17(2)20-11-7-8-12-21(20)18(3)23(22)16-19/h5-9,11-16H,4,10H2,1-3H3. The number of fused-ring (bicyclic) bond motifs is 2. The third kappa shape index (κ3) is 3.21. The molecule has 0 N–H and O–H groups in total. The van der Waals surface area contributed by atoms with Crippen molar-refractivity contribution in [2.75, 3.05) is 6.61 Å². The second-order valence-corrected chi connectivity index (χ2v) is 6.09. The van der Waals surface area contributed by atoms with Crippen molar-refractivity contribution in [2.24, 2.45) is 0 Å². The molecule has 0 radical (unpaired) electrons. The lowest BCUT2D eigenvalue weighted by molar-refractivity contribution is 0.269. The van der Waals surface area contributed by atoms with Crippen LogP contribution in [0, 0.1) is 13.8 Å². The zero-order valence-electron chi connectivity index (χ0n) is 14.7. The normalized spacial score (nSPS) is 12.0. The van der Waals surface area contributed by atoms with Crippen LogP contribution in [0.15, 0.2) is 67.0 Å². The number of ether oxygens (including phenoxy) is 1. The van der Waals surface area contributed by atoms with Gasteiger partial charge in [0.2, 0.25) is 0 Å². The summed E-state index contributed by atoms with van der Waals surface area (Å²) in [4.78, 5) is 0. The van der Waals surface area contributed by atoms with E-state index in [0.29, 0.717) is 6.61 Å². The summed E-state index contributed by atoms with van der Waals surface area (Å²) in [6, 6.07) is 15.5. The summed E-state index contributed by atoms with van der Waals surface area (Å²) in [6.07, 6.45) is 8.81. The fourth-order valence-electron chi connectivity index (χ4n) is 3.26. The third-order valence-corrected chi connectivity index (χ3v) is 4.57. The van der Waals surface area contributed by atoms with Gasteiger partial charge in [0, 0.05) is 0 Å². The van der Waals surface area contributed by atoms with Gasteiger partial charge < -0.3 is 4.74 Å². The summed E-state index contributed by atoms with van der Waals surface area (Å²) in [5, 5.41) is 5.43. The highest BCUT2D eigenvalue weighted by molar-refractivity contribution is 6.05. The van der Waals surface area contributed by atoms with E-state index in [1.165, 1.54) is 38.2 Å². The van der Waals surface area contributed by atoms with E-state index in [9.17, 15) is 0 Å². The van der Waals surface area contributed by atoms with E-state index in [2.05, 4.69) is 62.4 Å². The largest absolute Gasteiger partial charge is 0.501 e. The van der Waals surface area contributed by atoms with E-state index in [1.54, 1.807) is 6.26 Å². The maximum Gasteiger partial charge on any atom is 0.0845 e. The zero-order valence-corrected chi connectivity index (χ0v) is 14.7. The molecule has 0 spiro atoms. The summed E-state index contributed by atoms with van der Waals surface area (Å²) in [5.74, 6) is 0. The van der Waals surface area contributed by atoms with Gasteiger partial charge in [-0.25, -0.2) is 0 Å². The Bertz CT molecular complexity index is 916. The van der Waals surface area contributed by atoms with Crippen LogP contribution in [0.25, 0.3) is 21.5 Å². The second-order valence-electron chi connectivity index (χ2n) is 6.09. The topological polar surface area (TPSA) is 9.23 Å². The molecule has 24 heavy (non-hydrogen) atoms. The molecule has 3 rings (SSSR count). The van der Waals surface area contributed by atoms with E-state index in [4.69, 9.17) is 4.74 Å². The van der Waals surface area contributed by atoms with Crippen LogP contribution in [-0.4, -0.2) is 6.61 Å². The Labute approximate surface area is 144 Å². The lowest BCUT2D eigenvalue weighted by Gasteiger charge is -2.13. The van der Waals surface area contributed by atoms with Gasteiger partial charge in [0.15, 0.2) is 0 Å². The molecule has 122 valence electrons. The van der Waals surface area contributed by atoms with Gasteiger partial charge in [-0.15, -0.1) is 0 Å². The third-order valence-electron chi connectivity index (χ3n) is 4.57. The first-order valence-electron chi connectivity index (χ1n) is 8.56. The summed E-state index contributed by atoms with van der Waals surface area (Å²) in [5.41, 5.74) is 4.07. The van der Waals surface area contributed by atoms with Crippen molar-refractivity contribution >= 4 is 21.5 Å². The average Bonchev–Trinajstić information content (AvgIpc) is 2.62. The van der Waals surface area contributed by atoms with Gasteiger partial charge in [-0.2, -0.15) is 0 Å². The summed E-state index contributed by atoms with van der Waals surface area (Å²) in [7, 11) is 0. The molecule has 0 unspecified atom stereocenters. The first kappa shape index (κ1) is 16.3. The maximum atomic E-state index is 5.18. The van der Waals surface area contributed by atoms with Crippen molar-refractivity contribution < 1.29 is 4.74 Å². The van der Waals surface area contributed by atoms with Gasteiger partial charge in [-0.05, 0) is 71.5 Å². The minimum Gasteiger partial charge on any atom is -0.501 e. The molecule has 0 aliphatic heterocycles. The molecule has 0 fully saturated rings.